The second-order valence-corrected chi connectivity index (χ2v) is 30.6. The average molecular weight is 1090 g/mol. The summed E-state index contributed by atoms with van der Waals surface area (Å²) in [6.07, 6.45) is 1.98. The number of imidazole rings is 1. The summed E-state index contributed by atoms with van der Waals surface area (Å²) in [5.74, 6) is -0.150. The third kappa shape index (κ3) is 11.0. The Bertz CT molecular complexity index is 4090. The van der Waals surface area contributed by atoms with E-state index in [2.05, 4.69) is 270 Å². The standard InChI is InChI=1S/C76H87FN4O/c1-70(2,3)48-25-28-64-61(41-48)62-43-54(76(19,20)21)42-60(68(62)80(64)56-37-50(72(7,8)9)35-51(38-56)73(10,11)12)45-29-30-78-63(34-45)47-31-46(32-49(33-47)71(4,5)6)58-23-22-24-65-67(58)79-69(59-27-26-55(77)44-66(59)82)81(65)57-39-52(74(13,14)15)36-53(40-57)75(16,17)18/h22-44,82H,1-21H3. The van der Waals surface area contributed by atoms with Crippen molar-refractivity contribution < 1.29 is 9.50 Å². The van der Waals surface area contributed by atoms with Gasteiger partial charge in [-0.05, 0) is 179 Å². The molecule has 0 aliphatic carbocycles. The molecular weight excluding hydrogens is 1000 g/mol. The molecule has 5 nitrogen and oxygen atoms in total. The van der Waals surface area contributed by atoms with Crippen molar-refractivity contribution in [2.24, 2.45) is 0 Å². The van der Waals surface area contributed by atoms with Crippen LogP contribution in [0, 0.1) is 5.82 Å². The number of aromatic nitrogens is 4. The van der Waals surface area contributed by atoms with Crippen molar-refractivity contribution >= 4 is 32.8 Å². The van der Waals surface area contributed by atoms with Crippen molar-refractivity contribution in [2.75, 3.05) is 0 Å². The van der Waals surface area contributed by atoms with Gasteiger partial charge in [0, 0.05) is 51.1 Å². The highest BCUT2D eigenvalue weighted by atomic mass is 19.1. The number of nitrogens with zero attached hydrogens (tertiary/aromatic N) is 4. The molecule has 0 aliphatic heterocycles. The van der Waals surface area contributed by atoms with Crippen LogP contribution >= 0.6 is 0 Å². The molecular formula is C76H87FN4O. The van der Waals surface area contributed by atoms with Gasteiger partial charge in [0.1, 0.15) is 17.4 Å². The molecule has 7 aromatic carbocycles. The van der Waals surface area contributed by atoms with Gasteiger partial charge in [-0.1, -0.05) is 182 Å². The fourth-order valence-electron chi connectivity index (χ4n) is 11.3. The smallest absolute Gasteiger partial charge is 0.149 e. The van der Waals surface area contributed by atoms with Crippen molar-refractivity contribution in [3.05, 3.63) is 184 Å². The number of para-hydroxylation sites is 1. The number of rotatable bonds is 6. The molecule has 424 valence electrons. The van der Waals surface area contributed by atoms with Crippen LogP contribution in [-0.4, -0.2) is 24.2 Å². The van der Waals surface area contributed by atoms with Crippen molar-refractivity contribution in [1.29, 1.82) is 0 Å². The zero-order chi connectivity index (χ0) is 59.8. The van der Waals surface area contributed by atoms with Gasteiger partial charge in [0.25, 0.3) is 0 Å². The van der Waals surface area contributed by atoms with E-state index in [1.165, 1.54) is 67.3 Å². The fraction of sp³-hybridized carbons (Fsp3) is 0.368. The van der Waals surface area contributed by atoms with Crippen LogP contribution in [0.1, 0.15) is 184 Å². The molecule has 0 unspecified atom stereocenters. The summed E-state index contributed by atoms with van der Waals surface area (Å²) in [4.78, 5) is 10.7. The SMILES string of the molecule is CC(C)(C)c1cc(-c2cc(-c3cc(C(C)(C)C)cc4c5cc(C(C)(C)C)ccc5n(-c5cc(C(C)(C)C)cc(C(C)(C)C)c5)c34)ccn2)cc(-c2cccc3c2nc(-c2ccc(F)cc2O)n3-c2cc(C(C)(C)C)cc(C(C)(C)C)c2)c1. The van der Waals surface area contributed by atoms with Crippen LogP contribution in [0.15, 0.2) is 140 Å². The summed E-state index contributed by atoms with van der Waals surface area (Å²) in [5.41, 5.74) is 20.4. The van der Waals surface area contributed by atoms with Gasteiger partial charge in [0.15, 0.2) is 0 Å². The summed E-state index contributed by atoms with van der Waals surface area (Å²) in [5, 5.41) is 14.0. The zero-order valence-electron chi connectivity index (χ0n) is 52.9. The number of halogens is 1. The largest absolute Gasteiger partial charge is 0.507 e. The second-order valence-electron chi connectivity index (χ2n) is 30.6. The summed E-state index contributed by atoms with van der Waals surface area (Å²) in [6, 6.07) is 48.0. The van der Waals surface area contributed by atoms with Crippen molar-refractivity contribution in [3.63, 3.8) is 0 Å². The van der Waals surface area contributed by atoms with Crippen molar-refractivity contribution in [1.82, 2.24) is 19.1 Å². The molecule has 0 fully saturated rings. The normalized spacial score (nSPS) is 13.3. The molecule has 82 heavy (non-hydrogen) atoms. The van der Waals surface area contributed by atoms with Gasteiger partial charge in [0.05, 0.1) is 33.3 Å². The molecule has 3 aromatic heterocycles. The minimum atomic E-state index is -0.512. The van der Waals surface area contributed by atoms with Gasteiger partial charge < -0.3 is 9.67 Å². The first-order valence-electron chi connectivity index (χ1n) is 29.5. The fourth-order valence-corrected chi connectivity index (χ4v) is 11.3. The number of fused-ring (bicyclic) bond motifs is 4. The lowest BCUT2D eigenvalue weighted by molar-refractivity contribution is 0.470. The van der Waals surface area contributed by atoms with Gasteiger partial charge in [-0.2, -0.15) is 0 Å². The minimum absolute atomic E-state index is 0.0489. The zero-order valence-corrected chi connectivity index (χ0v) is 52.9. The van der Waals surface area contributed by atoms with Gasteiger partial charge in [-0.3, -0.25) is 9.55 Å². The van der Waals surface area contributed by atoms with Crippen LogP contribution in [0.5, 0.6) is 5.75 Å². The quantitative estimate of drug-likeness (QED) is 0.181. The van der Waals surface area contributed by atoms with Gasteiger partial charge >= 0.3 is 0 Å². The number of pyridine rings is 1. The Balaban J connectivity index is 1.25. The highest BCUT2D eigenvalue weighted by Gasteiger charge is 2.30. The molecule has 0 saturated carbocycles. The molecule has 0 radical (unpaired) electrons. The van der Waals surface area contributed by atoms with E-state index in [1.54, 1.807) is 6.07 Å². The van der Waals surface area contributed by atoms with Crippen molar-refractivity contribution in [2.45, 2.75) is 183 Å². The maximum absolute atomic E-state index is 14.8. The Hall–Kier alpha value is -7.31. The highest BCUT2D eigenvalue weighted by Crippen LogP contribution is 2.46. The number of benzene rings is 7. The maximum Gasteiger partial charge on any atom is 0.149 e. The molecule has 1 N–H and O–H groups in total. The molecule has 0 atom stereocenters. The molecule has 0 spiro atoms. The Labute approximate surface area is 488 Å². The average Bonchev–Trinajstić information content (AvgIpc) is 1.89. The maximum atomic E-state index is 14.8. The van der Waals surface area contributed by atoms with E-state index < -0.39 is 5.82 Å². The van der Waals surface area contributed by atoms with Crippen LogP contribution in [0.2, 0.25) is 0 Å². The van der Waals surface area contributed by atoms with Crippen molar-refractivity contribution in [3.8, 4) is 62.0 Å². The van der Waals surface area contributed by atoms with E-state index in [-0.39, 0.29) is 43.7 Å². The topological polar surface area (TPSA) is 55.9 Å². The molecule has 10 rings (SSSR count). The first-order chi connectivity index (χ1) is 37.9. The lowest BCUT2D eigenvalue weighted by atomic mass is 9.80. The van der Waals surface area contributed by atoms with E-state index in [9.17, 15) is 9.50 Å². The van der Waals surface area contributed by atoms with Crippen LogP contribution in [0.3, 0.4) is 0 Å². The van der Waals surface area contributed by atoms with Crippen LogP contribution in [0.4, 0.5) is 4.39 Å². The monoisotopic (exact) mass is 1090 g/mol. The summed E-state index contributed by atoms with van der Waals surface area (Å²) in [6.45, 7) is 48.0. The molecule has 0 amide bonds. The van der Waals surface area contributed by atoms with E-state index >= 15 is 0 Å². The minimum Gasteiger partial charge on any atom is -0.507 e. The number of hydrogen-bond acceptors (Lipinski definition) is 3. The van der Waals surface area contributed by atoms with Crippen LogP contribution in [0.25, 0.3) is 89.1 Å². The van der Waals surface area contributed by atoms with E-state index in [4.69, 9.17) is 9.97 Å². The Morgan fingerprint density at radius 2 is 0.878 bits per heavy atom. The number of phenols is 1. The molecule has 0 saturated heterocycles. The second kappa shape index (κ2) is 19.7. The Morgan fingerprint density at radius 3 is 1.41 bits per heavy atom. The van der Waals surface area contributed by atoms with E-state index in [0.29, 0.717) is 11.4 Å². The van der Waals surface area contributed by atoms with Crippen LogP contribution in [-0.2, 0) is 37.9 Å². The number of phenolic OH excluding ortho intramolecular Hbond substituents is 1. The molecule has 0 aliphatic rings. The lowest BCUT2D eigenvalue weighted by Gasteiger charge is -2.27. The summed E-state index contributed by atoms with van der Waals surface area (Å²) >= 11 is 0. The summed E-state index contributed by atoms with van der Waals surface area (Å²) < 4.78 is 19.5. The van der Waals surface area contributed by atoms with E-state index in [0.717, 1.165) is 61.5 Å². The lowest BCUT2D eigenvalue weighted by Crippen LogP contribution is -2.17. The van der Waals surface area contributed by atoms with E-state index in [1.807, 2.05) is 6.20 Å². The molecule has 10 aromatic rings. The molecule has 3 heterocycles. The first kappa shape index (κ1) is 57.9. The van der Waals surface area contributed by atoms with Gasteiger partial charge in [0.2, 0.25) is 0 Å². The van der Waals surface area contributed by atoms with Gasteiger partial charge in [-0.25, -0.2) is 9.37 Å². The predicted octanol–water partition coefficient (Wildman–Crippen LogP) is 21.1. The first-order valence-corrected chi connectivity index (χ1v) is 29.5. The third-order valence-electron chi connectivity index (χ3n) is 16.8. The highest BCUT2D eigenvalue weighted by molar-refractivity contribution is 6.14. The number of aromatic hydroxyl groups is 1. The molecule has 0 bridgehead atoms. The van der Waals surface area contributed by atoms with Gasteiger partial charge in [-0.15, -0.1) is 0 Å². The van der Waals surface area contributed by atoms with Crippen LogP contribution < -0.4 is 0 Å². The molecule has 6 heteroatoms. The predicted molar refractivity (Wildman–Crippen MR) is 347 cm³/mol. The number of hydrogen-bond donors (Lipinski definition) is 1. The Kier molecular flexibility index (Phi) is 13.9. The summed E-state index contributed by atoms with van der Waals surface area (Å²) in [7, 11) is 0. The third-order valence-corrected chi connectivity index (χ3v) is 16.8. The Morgan fingerprint density at radius 1 is 0.378 bits per heavy atom.